The molecule has 2 N–H and O–H groups in total. The third kappa shape index (κ3) is 14.7. The molecule has 0 aliphatic heterocycles. The molecule has 1 unspecified atom stereocenters. The van der Waals surface area contributed by atoms with Crippen molar-refractivity contribution in [2.45, 2.75) is 109 Å². The number of phenolic OH excluding ortho intramolecular Hbond substituents is 2. The second-order valence-corrected chi connectivity index (χ2v) is 13.3. The summed E-state index contributed by atoms with van der Waals surface area (Å²) >= 11 is 0. The zero-order chi connectivity index (χ0) is 36.8. The second kappa shape index (κ2) is 22.8. The summed E-state index contributed by atoms with van der Waals surface area (Å²) in [5.74, 6) is 0.907. The number of carbonyl (C=O) groups is 2. The van der Waals surface area contributed by atoms with Crippen molar-refractivity contribution in [3.8, 4) is 34.5 Å². The van der Waals surface area contributed by atoms with E-state index in [1.807, 2.05) is 0 Å². The molecule has 0 aliphatic rings. The molecule has 0 saturated heterocycles. The molecule has 0 fully saturated rings. The lowest BCUT2D eigenvalue weighted by molar-refractivity contribution is 0.0721. The molecule has 4 rings (SSSR count). The minimum absolute atomic E-state index is 0.101. The summed E-state index contributed by atoms with van der Waals surface area (Å²) in [5, 5.41) is 19.6. The first kappa shape index (κ1) is 39.8. The quantitative estimate of drug-likeness (QED) is 0.0420. The molecular formula is C44H54O8. The van der Waals surface area contributed by atoms with Crippen molar-refractivity contribution in [3.05, 3.63) is 108 Å². The molecule has 0 amide bonds. The number of unbranched alkanes of at least 4 members (excludes halogenated alkanes) is 13. The van der Waals surface area contributed by atoms with Gasteiger partial charge >= 0.3 is 11.9 Å². The molecule has 4 aromatic carbocycles. The topological polar surface area (TPSA) is 112 Å². The van der Waals surface area contributed by atoms with Gasteiger partial charge in [0.05, 0.1) is 12.7 Å². The van der Waals surface area contributed by atoms with Gasteiger partial charge in [0.25, 0.3) is 0 Å². The standard InChI is InChI=1S/C44H54O8/c1-34(50-36-29-31-38(32-30-36)52-44(48)40-22-16-18-24-42(40)46)20-14-12-10-8-6-4-2-3-5-7-9-11-13-19-33-49-35-25-27-37(28-26-35)51-43(47)39-21-15-17-23-41(39)45/h15-18,21-32,34,45-46H,2-14,19-20,33H2,1H3. The monoisotopic (exact) mass is 710 g/mol. The highest BCUT2D eigenvalue weighted by Gasteiger charge is 2.14. The van der Waals surface area contributed by atoms with Gasteiger partial charge in [0, 0.05) is 0 Å². The van der Waals surface area contributed by atoms with Crippen LogP contribution in [0, 0.1) is 0 Å². The van der Waals surface area contributed by atoms with Crippen molar-refractivity contribution in [1.82, 2.24) is 0 Å². The fraction of sp³-hybridized carbons (Fsp3) is 0.409. The zero-order valence-electron chi connectivity index (χ0n) is 30.5. The molecule has 0 radical (unpaired) electrons. The summed E-state index contributed by atoms with van der Waals surface area (Å²) in [4.78, 5) is 24.5. The maximum absolute atomic E-state index is 12.3. The molecule has 4 aromatic rings. The molecule has 8 heteroatoms. The summed E-state index contributed by atoms with van der Waals surface area (Å²) < 4.78 is 22.6. The highest BCUT2D eigenvalue weighted by molar-refractivity contribution is 5.94. The van der Waals surface area contributed by atoms with E-state index in [0.29, 0.717) is 18.1 Å². The van der Waals surface area contributed by atoms with Gasteiger partial charge in [-0.05, 0) is 99.0 Å². The molecule has 8 nitrogen and oxygen atoms in total. The zero-order valence-corrected chi connectivity index (χ0v) is 30.5. The Bertz CT molecular complexity index is 1620. The van der Waals surface area contributed by atoms with E-state index in [4.69, 9.17) is 18.9 Å². The van der Waals surface area contributed by atoms with Crippen LogP contribution >= 0.6 is 0 Å². The first-order valence-electron chi connectivity index (χ1n) is 18.9. The molecule has 0 aliphatic carbocycles. The van der Waals surface area contributed by atoms with Gasteiger partial charge in [0.15, 0.2) is 0 Å². The van der Waals surface area contributed by atoms with E-state index in [9.17, 15) is 19.8 Å². The number of benzene rings is 4. The van der Waals surface area contributed by atoms with Gasteiger partial charge in [-0.3, -0.25) is 0 Å². The van der Waals surface area contributed by atoms with E-state index in [1.165, 1.54) is 94.9 Å². The molecule has 0 heterocycles. The number of hydrogen-bond acceptors (Lipinski definition) is 8. The van der Waals surface area contributed by atoms with Crippen LogP contribution in [0.3, 0.4) is 0 Å². The van der Waals surface area contributed by atoms with Crippen molar-refractivity contribution in [1.29, 1.82) is 0 Å². The summed E-state index contributed by atoms with van der Waals surface area (Å²) in [6.45, 7) is 2.76. The minimum Gasteiger partial charge on any atom is -0.507 e. The number of ether oxygens (including phenoxy) is 4. The Hall–Kier alpha value is -4.98. The van der Waals surface area contributed by atoms with E-state index >= 15 is 0 Å². The van der Waals surface area contributed by atoms with Crippen LogP contribution in [-0.4, -0.2) is 34.9 Å². The van der Waals surface area contributed by atoms with Crippen LogP contribution in [0.25, 0.3) is 0 Å². The summed E-state index contributed by atoms with van der Waals surface area (Å²) in [7, 11) is 0. The van der Waals surface area contributed by atoms with E-state index in [1.54, 1.807) is 72.8 Å². The molecule has 278 valence electrons. The van der Waals surface area contributed by atoms with E-state index in [-0.39, 0.29) is 28.7 Å². The summed E-state index contributed by atoms with van der Waals surface area (Å²) in [6, 6.07) is 26.6. The molecule has 0 bridgehead atoms. The van der Waals surface area contributed by atoms with E-state index in [2.05, 4.69) is 6.92 Å². The first-order valence-corrected chi connectivity index (χ1v) is 18.9. The normalized spacial score (nSPS) is 11.5. The maximum Gasteiger partial charge on any atom is 0.347 e. The van der Waals surface area contributed by atoms with Gasteiger partial charge in [0.2, 0.25) is 0 Å². The number of para-hydroxylation sites is 2. The Morgan fingerprint density at radius 1 is 0.481 bits per heavy atom. The van der Waals surface area contributed by atoms with Crippen molar-refractivity contribution in [2.75, 3.05) is 6.61 Å². The first-order chi connectivity index (χ1) is 25.4. The Kier molecular flexibility index (Phi) is 17.4. The minimum atomic E-state index is -0.597. The molecule has 0 aromatic heterocycles. The molecule has 52 heavy (non-hydrogen) atoms. The van der Waals surface area contributed by atoms with Gasteiger partial charge in [-0.15, -0.1) is 0 Å². The van der Waals surface area contributed by atoms with Gasteiger partial charge in [-0.1, -0.05) is 101 Å². The highest BCUT2D eigenvalue weighted by atomic mass is 16.5. The largest absolute Gasteiger partial charge is 0.507 e. The Morgan fingerprint density at radius 2 is 0.846 bits per heavy atom. The van der Waals surface area contributed by atoms with Crippen LogP contribution in [0.2, 0.25) is 0 Å². The smallest absolute Gasteiger partial charge is 0.347 e. The Morgan fingerprint density at radius 3 is 1.29 bits per heavy atom. The lowest BCUT2D eigenvalue weighted by Crippen LogP contribution is -2.11. The second-order valence-electron chi connectivity index (χ2n) is 13.3. The van der Waals surface area contributed by atoms with Crippen molar-refractivity contribution >= 4 is 11.9 Å². The lowest BCUT2D eigenvalue weighted by atomic mass is 10.0. The van der Waals surface area contributed by atoms with E-state index in [0.717, 1.165) is 37.2 Å². The SMILES string of the molecule is CC(CCCCCCCCCCCCCCCCOc1ccc(OC(=O)c2ccccc2O)cc1)Oc1ccc(OC(=O)c2ccccc2O)cc1. The number of carbonyl (C=O) groups excluding carboxylic acids is 2. The molecule has 0 spiro atoms. The van der Waals surface area contributed by atoms with Crippen LogP contribution in [0.4, 0.5) is 0 Å². The predicted molar refractivity (Wildman–Crippen MR) is 204 cm³/mol. The highest BCUT2D eigenvalue weighted by Crippen LogP contribution is 2.24. The van der Waals surface area contributed by atoms with Crippen LogP contribution in [0.5, 0.6) is 34.5 Å². The molecule has 1 atom stereocenters. The summed E-state index contributed by atoms with van der Waals surface area (Å²) in [6.07, 6.45) is 18.7. The van der Waals surface area contributed by atoms with Gasteiger partial charge in [-0.25, -0.2) is 9.59 Å². The van der Waals surface area contributed by atoms with Crippen molar-refractivity contribution in [2.24, 2.45) is 0 Å². The Labute approximate surface area is 308 Å². The lowest BCUT2D eigenvalue weighted by Gasteiger charge is -2.15. The van der Waals surface area contributed by atoms with Crippen molar-refractivity contribution < 1.29 is 38.7 Å². The van der Waals surface area contributed by atoms with Gasteiger partial charge in [-0.2, -0.15) is 0 Å². The number of phenols is 2. The molecule has 0 saturated carbocycles. The fourth-order valence-electron chi connectivity index (χ4n) is 5.94. The van der Waals surface area contributed by atoms with Crippen LogP contribution in [-0.2, 0) is 0 Å². The average Bonchev–Trinajstić information content (AvgIpc) is 3.14. The number of hydrogen-bond donors (Lipinski definition) is 2. The average molecular weight is 711 g/mol. The third-order valence-electron chi connectivity index (χ3n) is 8.93. The number of esters is 2. The number of aromatic hydroxyl groups is 2. The van der Waals surface area contributed by atoms with Crippen molar-refractivity contribution in [3.63, 3.8) is 0 Å². The molecular weight excluding hydrogens is 656 g/mol. The van der Waals surface area contributed by atoms with Crippen LogP contribution in [0.1, 0.15) is 124 Å². The maximum atomic E-state index is 12.3. The number of rotatable bonds is 24. The third-order valence-corrected chi connectivity index (χ3v) is 8.93. The Balaban J connectivity index is 0.901. The fourth-order valence-corrected chi connectivity index (χ4v) is 5.94. The van der Waals surface area contributed by atoms with Gasteiger partial charge in [0.1, 0.15) is 45.6 Å². The van der Waals surface area contributed by atoms with Crippen LogP contribution < -0.4 is 18.9 Å². The van der Waals surface area contributed by atoms with Gasteiger partial charge < -0.3 is 29.2 Å². The van der Waals surface area contributed by atoms with E-state index < -0.39 is 11.9 Å². The van der Waals surface area contributed by atoms with Crippen LogP contribution in [0.15, 0.2) is 97.1 Å². The predicted octanol–water partition coefficient (Wildman–Crippen LogP) is 11.2. The summed E-state index contributed by atoms with van der Waals surface area (Å²) in [5.41, 5.74) is 0.267.